The molecule has 0 aliphatic heterocycles. The smallest absolute Gasteiger partial charge is 0.337 e. The molecule has 1 atom stereocenters. The van der Waals surface area contributed by atoms with Crippen LogP contribution < -0.4 is 5.56 Å². The zero-order valence-electron chi connectivity index (χ0n) is 17.4. The summed E-state index contributed by atoms with van der Waals surface area (Å²) in [6.07, 6.45) is 3.96. The fourth-order valence-corrected chi connectivity index (χ4v) is 5.06. The molecule has 1 fully saturated rings. The molecule has 1 aliphatic rings. The molecule has 1 aliphatic carbocycles. The molecule has 31 heavy (non-hydrogen) atoms. The SMILES string of the molecule is COC(=O)c1ccc2c(=O)n(CCc3ccccc3)c(SC3CCCCC3=O)nc2c1. The van der Waals surface area contributed by atoms with E-state index in [1.165, 1.54) is 18.9 Å². The van der Waals surface area contributed by atoms with E-state index in [2.05, 4.69) is 0 Å². The van der Waals surface area contributed by atoms with Gasteiger partial charge in [-0.3, -0.25) is 14.2 Å². The van der Waals surface area contributed by atoms with E-state index in [9.17, 15) is 14.4 Å². The van der Waals surface area contributed by atoms with Crippen LogP contribution in [0.15, 0.2) is 58.5 Å². The quantitative estimate of drug-likeness (QED) is 0.429. The van der Waals surface area contributed by atoms with Gasteiger partial charge in [-0.1, -0.05) is 48.5 Å². The Morgan fingerprint density at radius 1 is 1.16 bits per heavy atom. The van der Waals surface area contributed by atoms with E-state index >= 15 is 0 Å². The average molecular weight is 437 g/mol. The lowest BCUT2D eigenvalue weighted by molar-refractivity contribution is -0.119. The lowest BCUT2D eigenvalue weighted by Crippen LogP contribution is -2.27. The molecule has 1 saturated carbocycles. The highest BCUT2D eigenvalue weighted by Crippen LogP contribution is 2.31. The number of hydrogen-bond donors (Lipinski definition) is 0. The molecule has 1 unspecified atom stereocenters. The van der Waals surface area contributed by atoms with Gasteiger partial charge in [-0.05, 0) is 43.0 Å². The molecule has 7 heteroatoms. The van der Waals surface area contributed by atoms with E-state index in [0.29, 0.717) is 41.0 Å². The van der Waals surface area contributed by atoms with E-state index in [-0.39, 0.29) is 16.6 Å². The normalized spacial score (nSPS) is 16.4. The topological polar surface area (TPSA) is 78.3 Å². The van der Waals surface area contributed by atoms with Crippen molar-refractivity contribution in [1.82, 2.24) is 9.55 Å². The van der Waals surface area contributed by atoms with Gasteiger partial charge in [-0.25, -0.2) is 9.78 Å². The lowest BCUT2D eigenvalue weighted by atomic mass is 9.99. The Bertz CT molecular complexity index is 1170. The van der Waals surface area contributed by atoms with Crippen LogP contribution >= 0.6 is 11.8 Å². The Balaban J connectivity index is 1.76. The van der Waals surface area contributed by atoms with E-state index in [0.717, 1.165) is 24.8 Å². The molecule has 0 amide bonds. The van der Waals surface area contributed by atoms with Crippen molar-refractivity contribution in [2.75, 3.05) is 7.11 Å². The summed E-state index contributed by atoms with van der Waals surface area (Å²) in [5.74, 6) is -0.267. The van der Waals surface area contributed by atoms with Gasteiger partial charge in [0.1, 0.15) is 5.78 Å². The second kappa shape index (κ2) is 9.47. The summed E-state index contributed by atoms with van der Waals surface area (Å²) in [6, 6.07) is 14.7. The first-order chi connectivity index (χ1) is 15.1. The van der Waals surface area contributed by atoms with Crippen molar-refractivity contribution in [1.29, 1.82) is 0 Å². The molecule has 0 spiro atoms. The number of thioether (sulfide) groups is 1. The predicted molar refractivity (Wildman–Crippen MR) is 121 cm³/mol. The third-order valence-electron chi connectivity index (χ3n) is 5.55. The average Bonchev–Trinajstić information content (AvgIpc) is 2.80. The van der Waals surface area contributed by atoms with Crippen molar-refractivity contribution in [3.63, 3.8) is 0 Å². The first-order valence-corrected chi connectivity index (χ1v) is 11.3. The highest BCUT2D eigenvalue weighted by atomic mass is 32.2. The zero-order chi connectivity index (χ0) is 21.8. The van der Waals surface area contributed by atoms with Crippen molar-refractivity contribution in [2.24, 2.45) is 0 Å². The van der Waals surface area contributed by atoms with Gasteiger partial charge < -0.3 is 4.74 Å². The number of esters is 1. The minimum Gasteiger partial charge on any atom is -0.465 e. The summed E-state index contributed by atoms with van der Waals surface area (Å²) >= 11 is 1.37. The minimum atomic E-state index is -0.478. The molecule has 3 aromatic rings. The summed E-state index contributed by atoms with van der Waals surface area (Å²) in [7, 11) is 1.32. The van der Waals surface area contributed by atoms with E-state index in [1.54, 1.807) is 22.8 Å². The van der Waals surface area contributed by atoms with Gasteiger partial charge in [0.05, 0.1) is 28.8 Å². The molecule has 0 radical (unpaired) electrons. The fourth-order valence-electron chi connectivity index (χ4n) is 3.82. The van der Waals surface area contributed by atoms with Gasteiger partial charge >= 0.3 is 5.97 Å². The molecule has 0 saturated heterocycles. The fraction of sp³-hybridized carbons (Fsp3) is 0.333. The lowest BCUT2D eigenvalue weighted by Gasteiger charge is -2.21. The van der Waals surface area contributed by atoms with Crippen molar-refractivity contribution in [2.45, 2.75) is 49.1 Å². The second-order valence-electron chi connectivity index (χ2n) is 7.63. The van der Waals surface area contributed by atoms with Crippen LogP contribution in [0.5, 0.6) is 0 Å². The number of ether oxygens (including phenoxy) is 1. The number of hydrogen-bond acceptors (Lipinski definition) is 6. The van der Waals surface area contributed by atoms with Gasteiger partial charge in [-0.15, -0.1) is 0 Å². The molecule has 2 aromatic carbocycles. The number of methoxy groups -OCH3 is 1. The number of aromatic nitrogens is 2. The third-order valence-corrected chi connectivity index (χ3v) is 6.86. The summed E-state index contributed by atoms with van der Waals surface area (Å²) < 4.78 is 6.46. The first-order valence-electron chi connectivity index (χ1n) is 10.4. The Morgan fingerprint density at radius 2 is 1.97 bits per heavy atom. The van der Waals surface area contributed by atoms with Crippen LogP contribution in [0.3, 0.4) is 0 Å². The van der Waals surface area contributed by atoms with E-state index < -0.39 is 5.97 Å². The Hall–Kier alpha value is -2.93. The van der Waals surface area contributed by atoms with Crippen LogP contribution in [0.2, 0.25) is 0 Å². The number of fused-ring (bicyclic) bond motifs is 1. The molecular weight excluding hydrogens is 412 g/mol. The summed E-state index contributed by atoms with van der Waals surface area (Å²) in [6.45, 7) is 0.466. The molecule has 6 nitrogen and oxygen atoms in total. The summed E-state index contributed by atoms with van der Waals surface area (Å²) in [5, 5.41) is 0.778. The third kappa shape index (κ3) is 4.71. The second-order valence-corrected chi connectivity index (χ2v) is 8.80. The van der Waals surface area contributed by atoms with Crippen LogP contribution in [0.1, 0.15) is 41.6 Å². The van der Waals surface area contributed by atoms with Crippen molar-refractivity contribution in [3.8, 4) is 0 Å². The number of aryl methyl sites for hydroxylation is 1. The molecule has 1 aromatic heterocycles. The number of rotatable bonds is 6. The summed E-state index contributed by atoms with van der Waals surface area (Å²) in [5.41, 5.74) is 1.74. The number of carbonyl (C=O) groups is 2. The van der Waals surface area contributed by atoms with Crippen LogP contribution in [0.25, 0.3) is 10.9 Å². The van der Waals surface area contributed by atoms with E-state index in [4.69, 9.17) is 9.72 Å². The largest absolute Gasteiger partial charge is 0.465 e. The number of Topliss-reactive ketones (excluding diaryl/α,β-unsaturated/α-hetero) is 1. The number of carbonyl (C=O) groups excluding carboxylic acids is 2. The maximum absolute atomic E-state index is 13.4. The minimum absolute atomic E-state index is 0.164. The standard InChI is InChI=1S/C24H24N2O4S/c1-30-23(29)17-11-12-18-19(15-17)25-24(31-21-10-6-5-9-20(21)27)26(22(18)28)14-13-16-7-3-2-4-8-16/h2-4,7-8,11-12,15,21H,5-6,9-10,13-14H2,1H3. The number of ketones is 1. The van der Waals surface area contributed by atoms with Gasteiger partial charge in [0.2, 0.25) is 0 Å². The molecule has 160 valence electrons. The van der Waals surface area contributed by atoms with Crippen molar-refractivity contribution < 1.29 is 14.3 Å². The Morgan fingerprint density at radius 3 is 2.71 bits per heavy atom. The molecule has 0 N–H and O–H groups in total. The highest BCUT2D eigenvalue weighted by molar-refractivity contribution is 8.00. The van der Waals surface area contributed by atoms with Crippen molar-refractivity contribution in [3.05, 3.63) is 70.0 Å². The van der Waals surface area contributed by atoms with Crippen LogP contribution in [-0.4, -0.2) is 33.7 Å². The summed E-state index contributed by atoms with van der Waals surface area (Å²) in [4.78, 5) is 42.4. The maximum atomic E-state index is 13.4. The molecular formula is C24H24N2O4S. The molecule has 0 bridgehead atoms. The number of nitrogens with zero attached hydrogens (tertiary/aromatic N) is 2. The molecule has 4 rings (SSSR count). The van der Waals surface area contributed by atoms with Gasteiger partial charge in [0.15, 0.2) is 5.16 Å². The Labute approximate surface area is 184 Å². The van der Waals surface area contributed by atoms with Gasteiger partial charge in [0.25, 0.3) is 5.56 Å². The van der Waals surface area contributed by atoms with Gasteiger partial charge in [0, 0.05) is 13.0 Å². The molecule has 1 heterocycles. The highest BCUT2D eigenvalue weighted by Gasteiger charge is 2.26. The predicted octanol–water partition coefficient (Wildman–Crippen LogP) is 4.03. The maximum Gasteiger partial charge on any atom is 0.337 e. The van der Waals surface area contributed by atoms with Crippen LogP contribution in [0.4, 0.5) is 0 Å². The monoisotopic (exact) mass is 436 g/mol. The van der Waals surface area contributed by atoms with Gasteiger partial charge in [-0.2, -0.15) is 0 Å². The van der Waals surface area contributed by atoms with E-state index in [1.807, 2.05) is 30.3 Å². The first kappa shape index (κ1) is 21.3. The zero-order valence-corrected chi connectivity index (χ0v) is 18.2. The van der Waals surface area contributed by atoms with Crippen LogP contribution in [-0.2, 0) is 22.5 Å². The Kier molecular flexibility index (Phi) is 6.51. The van der Waals surface area contributed by atoms with Crippen molar-refractivity contribution >= 4 is 34.4 Å². The van der Waals surface area contributed by atoms with Crippen LogP contribution in [0, 0.1) is 0 Å². The number of benzene rings is 2.